The molecule has 0 radical (unpaired) electrons. The van der Waals surface area contributed by atoms with Gasteiger partial charge in [0, 0.05) is 0 Å². The minimum Gasteiger partial charge on any atom is -0.0988 e. The maximum Gasteiger partial charge on any atom is -0.0401 e. The summed E-state index contributed by atoms with van der Waals surface area (Å²) in [6, 6.07) is 0. The zero-order valence-electron chi connectivity index (χ0n) is 8.72. The molecule has 0 aromatic heterocycles. The quantitative estimate of drug-likeness (QED) is 0.534. The van der Waals surface area contributed by atoms with Gasteiger partial charge in [0.2, 0.25) is 0 Å². The van der Waals surface area contributed by atoms with Crippen molar-refractivity contribution in [3.8, 4) is 0 Å². The van der Waals surface area contributed by atoms with Crippen molar-refractivity contribution in [2.45, 2.75) is 27.7 Å². The molecule has 0 amide bonds. The summed E-state index contributed by atoms with van der Waals surface area (Å²) in [5.74, 6) is 0. The molecular weight excluding hydrogens is 144 g/mol. The molecule has 0 N–H and O–H groups in total. The van der Waals surface area contributed by atoms with Crippen LogP contribution in [0.5, 0.6) is 0 Å². The van der Waals surface area contributed by atoms with Crippen molar-refractivity contribution >= 4 is 0 Å². The molecule has 0 heteroatoms. The van der Waals surface area contributed by atoms with E-state index < -0.39 is 0 Å². The smallest absolute Gasteiger partial charge is 0.0401 e. The van der Waals surface area contributed by atoms with E-state index in [4.69, 9.17) is 0 Å². The zero-order chi connectivity index (χ0) is 9.98. The summed E-state index contributed by atoms with van der Waals surface area (Å²) >= 11 is 0. The molecule has 0 saturated heterocycles. The lowest BCUT2D eigenvalue weighted by molar-refractivity contribution is 1.49. The van der Waals surface area contributed by atoms with Crippen LogP contribution in [0.4, 0.5) is 0 Å². The summed E-state index contributed by atoms with van der Waals surface area (Å²) in [5.41, 5.74) is 2.46. The van der Waals surface area contributed by atoms with Crippen molar-refractivity contribution in [3.63, 3.8) is 0 Å². The number of hydrogen-bond donors (Lipinski definition) is 0. The van der Waals surface area contributed by atoms with Gasteiger partial charge in [0.05, 0.1) is 0 Å². The molecule has 0 spiro atoms. The lowest BCUT2D eigenvalue weighted by atomic mass is 10.3. The average molecular weight is 164 g/mol. The van der Waals surface area contributed by atoms with Crippen molar-refractivity contribution in [2.24, 2.45) is 0 Å². The first kappa shape index (κ1) is 13.5. The Morgan fingerprint density at radius 1 is 0.833 bits per heavy atom. The maximum absolute atomic E-state index is 3.56. The first-order valence-corrected chi connectivity index (χ1v) is 4.13. The Hall–Kier alpha value is -1.04. The normalized spacial score (nSPS) is 11.3. The van der Waals surface area contributed by atoms with Gasteiger partial charge in [-0.15, -0.1) is 0 Å². The van der Waals surface area contributed by atoms with Gasteiger partial charge in [-0.1, -0.05) is 48.6 Å². The number of hydrogen-bond acceptors (Lipinski definition) is 0. The van der Waals surface area contributed by atoms with E-state index in [0.29, 0.717) is 0 Å². The van der Waals surface area contributed by atoms with Gasteiger partial charge in [0.25, 0.3) is 0 Å². The summed E-state index contributed by atoms with van der Waals surface area (Å²) < 4.78 is 0. The predicted octanol–water partition coefficient (Wildman–Crippen LogP) is 4.28. The largest absolute Gasteiger partial charge is 0.0988 e. The molecule has 0 aliphatic rings. The molecule has 0 heterocycles. The van der Waals surface area contributed by atoms with Crippen molar-refractivity contribution in [1.82, 2.24) is 0 Å². The molecular formula is C12H20. The van der Waals surface area contributed by atoms with E-state index in [9.17, 15) is 0 Å². The van der Waals surface area contributed by atoms with Crippen molar-refractivity contribution in [1.29, 1.82) is 0 Å². The number of allylic oxidation sites excluding steroid dienone is 6. The second-order valence-corrected chi connectivity index (χ2v) is 2.47. The Morgan fingerprint density at radius 2 is 1.08 bits per heavy atom. The average Bonchev–Trinajstić information content (AvgIpc) is 2.16. The summed E-state index contributed by atoms with van der Waals surface area (Å²) in [5, 5.41) is 0. The van der Waals surface area contributed by atoms with Crippen LogP contribution in [-0.2, 0) is 0 Å². The molecule has 0 aliphatic heterocycles. The Balaban J connectivity index is 0. The highest BCUT2D eigenvalue weighted by molar-refractivity contribution is 5.11. The van der Waals surface area contributed by atoms with Crippen LogP contribution in [0.15, 0.2) is 48.6 Å². The Bertz CT molecular complexity index is 158. The third-order valence-corrected chi connectivity index (χ3v) is 1.55. The molecule has 0 atom stereocenters. The van der Waals surface area contributed by atoms with Crippen LogP contribution in [0.25, 0.3) is 0 Å². The molecule has 0 bridgehead atoms. The second-order valence-electron chi connectivity index (χ2n) is 2.47. The molecule has 0 unspecified atom stereocenters. The zero-order valence-corrected chi connectivity index (χ0v) is 8.72. The van der Waals surface area contributed by atoms with Crippen LogP contribution in [0.3, 0.4) is 0 Å². The molecule has 12 heavy (non-hydrogen) atoms. The Morgan fingerprint density at radius 3 is 1.08 bits per heavy atom. The van der Waals surface area contributed by atoms with E-state index >= 15 is 0 Å². The van der Waals surface area contributed by atoms with Crippen LogP contribution in [0, 0.1) is 0 Å². The summed E-state index contributed by atoms with van der Waals surface area (Å²) in [6.45, 7) is 15.2. The highest BCUT2D eigenvalue weighted by Crippen LogP contribution is 1.88. The number of rotatable bonds is 2. The third-order valence-electron chi connectivity index (χ3n) is 1.55. The van der Waals surface area contributed by atoms with E-state index in [-0.39, 0.29) is 0 Å². The van der Waals surface area contributed by atoms with Crippen LogP contribution in [0.2, 0.25) is 0 Å². The highest BCUT2D eigenvalue weighted by atomic mass is 13.7. The predicted molar refractivity (Wildman–Crippen MR) is 59.3 cm³/mol. The lowest BCUT2D eigenvalue weighted by Crippen LogP contribution is -1.57. The summed E-state index contributed by atoms with van der Waals surface area (Å²) in [7, 11) is 0. The molecule has 0 aliphatic carbocycles. The SMILES string of the molecule is C=CC(C)=CC.C=CC(C)=CC. The van der Waals surface area contributed by atoms with E-state index in [1.807, 2.05) is 52.0 Å². The lowest BCUT2D eigenvalue weighted by Gasteiger charge is -1.78. The molecule has 0 rings (SSSR count). The Kier molecular flexibility index (Phi) is 11.2. The first-order chi connectivity index (χ1) is 5.62. The van der Waals surface area contributed by atoms with Crippen LogP contribution >= 0.6 is 0 Å². The minimum atomic E-state index is 1.23. The van der Waals surface area contributed by atoms with Crippen LogP contribution < -0.4 is 0 Å². The second kappa shape index (κ2) is 9.96. The van der Waals surface area contributed by atoms with Gasteiger partial charge in [0.1, 0.15) is 0 Å². The highest BCUT2D eigenvalue weighted by Gasteiger charge is 1.67. The van der Waals surface area contributed by atoms with Gasteiger partial charge in [-0.05, 0) is 27.7 Å². The standard InChI is InChI=1S/2C6H10/c2*1-4-6(3)5-2/h2*4-5H,1H2,2-3H3. The molecule has 0 aromatic rings. The molecule has 0 fully saturated rings. The van der Waals surface area contributed by atoms with Crippen molar-refractivity contribution in [2.75, 3.05) is 0 Å². The van der Waals surface area contributed by atoms with Gasteiger partial charge < -0.3 is 0 Å². The third kappa shape index (κ3) is 11.7. The van der Waals surface area contributed by atoms with Gasteiger partial charge in [0.15, 0.2) is 0 Å². The maximum atomic E-state index is 3.56. The fraction of sp³-hybridized carbons (Fsp3) is 0.333. The Labute approximate surface area is 77.0 Å². The molecule has 0 saturated carbocycles. The van der Waals surface area contributed by atoms with Crippen LogP contribution in [-0.4, -0.2) is 0 Å². The summed E-state index contributed by atoms with van der Waals surface area (Å²) in [4.78, 5) is 0. The monoisotopic (exact) mass is 164 g/mol. The fourth-order valence-electron chi connectivity index (χ4n) is 0.236. The fourth-order valence-corrected chi connectivity index (χ4v) is 0.236. The van der Waals surface area contributed by atoms with Gasteiger partial charge in [-0.3, -0.25) is 0 Å². The van der Waals surface area contributed by atoms with E-state index in [0.717, 1.165) is 0 Å². The van der Waals surface area contributed by atoms with Gasteiger partial charge >= 0.3 is 0 Å². The van der Waals surface area contributed by atoms with Crippen molar-refractivity contribution in [3.05, 3.63) is 48.6 Å². The van der Waals surface area contributed by atoms with Crippen molar-refractivity contribution < 1.29 is 0 Å². The summed E-state index contributed by atoms with van der Waals surface area (Å²) in [6.07, 6.45) is 7.71. The van der Waals surface area contributed by atoms with Crippen LogP contribution in [0.1, 0.15) is 27.7 Å². The minimum absolute atomic E-state index is 1.23. The van der Waals surface area contributed by atoms with E-state index in [1.54, 1.807) is 0 Å². The van der Waals surface area contributed by atoms with Gasteiger partial charge in [-0.25, -0.2) is 0 Å². The molecule has 68 valence electrons. The topological polar surface area (TPSA) is 0 Å². The van der Waals surface area contributed by atoms with E-state index in [2.05, 4.69) is 13.2 Å². The molecule has 0 nitrogen and oxygen atoms in total. The first-order valence-electron chi connectivity index (χ1n) is 4.13. The molecule has 0 aromatic carbocycles. The van der Waals surface area contributed by atoms with E-state index in [1.165, 1.54) is 11.1 Å². The van der Waals surface area contributed by atoms with Gasteiger partial charge in [-0.2, -0.15) is 0 Å².